The second kappa shape index (κ2) is 11.7. The number of aromatic nitrogens is 1. The first-order valence-corrected chi connectivity index (χ1v) is 16.1. The van der Waals surface area contributed by atoms with E-state index in [4.69, 9.17) is 20.6 Å². The molecule has 0 saturated carbocycles. The molecule has 13 heteroatoms. The topological polar surface area (TPSA) is 155 Å². The number of amides is 2. The fourth-order valence-corrected chi connectivity index (χ4v) is 7.13. The molecule has 2 unspecified atom stereocenters. The second-order valence-electron chi connectivity index (χ2n) is 13.6. The van der Waals surface area contributed by atoms with Crippen LogP contribution in [-0.4, -0.2) is 71.8 Å². The number of halogens is 1. The number of rotatable bonds is 5. The van der Waals surface area contributed by atoms with Gasteiger partial charge in [0.15, 0.2) is 23.3 Å². The van der Waals surface area contributed by atoms with Crippen molar-refractivity contribution < 1.29 is 23.5 Å². The number of hydrogen-bond donors (Lipinski definition) is 4. The summed E-state index contributed by atoms with van der Waals surface area (Å²) in [6, 6.07) is 12.5. The Morgan fingerprint density at radius 3 is 2.56 bits per heavy atom. The van der Waals surface area contributed by atoms with Crippen LogP contribution in [0.15, 0.2) is 53.5 Å². The van der Waals surface area contributed by atoms with Gasteiger partial charge in [-0.1, -0.05) is 24.3 Å². The van der Waals surface area contributed by atoms with E-state index in [9.17, 15) is 14.4 Å². The van der Waals surface area contributed by atoms with Gasteiger partial charge in [-0.2, -0.15) is 0 Å². The fourth-order valence-electron chi connectivity index (χ4n) is 7.13. The number of guanidine groups is 1. The smallest absolute Gasteiger partial charge is 0.410 e. The Balaban J connectivity index is 1.34. The van der Waals surface area contributed by atoms with E-state index < -0.39 is 22.8 Å². The molecule has 1 aromatic heterocycles. The lowest BCUT2D eigenvalue weighted by Crippen LogP contribution is -2.50. The van der Waals surface area contributed by atoms with Gasteiger partial charge in [0.25, 0.3) is 5.91 Å². The maximum Gasteiger partial charge on any atom is 0.410 e. The average molecular weight is 656 g/mol. The van der Waals surface area contributed by atoms with Crippen LogP contribution in [0.4, 0.5) is 14.9 Å². The Morgan fingerprint density at radius 2 is 1.83 bits per heavy atom. The highest BCUT2D eigenvalue weighted by Gasteiger charge is 2.44. The third-order valence-corrected chi connectivity index (χ3v) is 9.17. The van der Waals surface area contributed by atoms with Crippen molar-refractivity contribution in [2.75, 3.05) is 37.6 Å². The summed E-state index contributed by atoms with van der Waals surface area (Å²) in [6.07, 6.45) is 2.79. The van der Waals surface area contributed by atoms with Crippen LogP contribution in [0.2, 0.25) is 0 Å². The Labute approximate surface area is 276 Å². The van der Waals surface area contributed by atoms with Crippen LogP contribution in [-0.2, 0) is 4.74 Å². The number of carbonyl (C=O) groups excluding carboxylic acids is 2. The van der Waals surface area contributed by atoms with Gasteiger partial charge in [-0.3, -0.25) is 15.0 Å². The molecule has 2 amide bonds. The number of nitrogens with zero attached hydrogens (tertiary/aromatic N) is 3. The SMILES string of the molecule is CC(C)(C)OC(=O)N1CCCC2CN(c3c(F)cc4c(=O)c(C(=O)NCCNC(=N)N)cn5c4c3Oc3cc4ccccc4cc3-5)CC21. The number of nitrogens with one attached hydrogen (secondary N) is 3. The Hall–Kier alpha value is -5.33. The molecule has 2 fully saturated rings. The highest BCUT2D eigenvalue weighted by atomic mass is 19.1. The number of benzene rings is 3. The van der Waals surface area contributed by atoms with E-state index in [1.165, 1.54) is 12.3 Å². The number of anilines is 1. The number of carbonyl (C=O) groups is 2. The van der Waals surface area contributed by atoms with E-state index in [2.05, 4.69) is 10.6 Å². The summed E-state index contributed by atoms with van der Waals surface area (Å²) in [6.45, 7) is 7.22. The van der Waals surface area contributed by atoms with Crippen molar-refractivity contribution in [3.63, 3.8) is 0 Å². The zero-order valence-corrected chi connectivity index (χ0v) is 27.1. The number of ether oxygens (including phenoxy) is 2. The van der Waals surface area contributed by atoms with E-state index in [1.807, 2.05) is 62.1 Å². The maximum atomic E-state index is 16.5. The molecule has 12 nitrogen and oxygen atoms in total. The van der Waals surface area contributed by atoms with Gasteiger partial charge in [-0.25, -0.2) is 9.18 Å². The molecule has 48 heavy (non-hydrogen) atoms. The quantitative estimate of drug-likeness (QED) is 0.123. The molecule has 2 saturated heterocycles. The fraction of sp³-hybridized carbons (Fsp3) is 0.371. The molecule has 4 aromatic rings. The van der Waals surface area contributed by atoms with Crippen LogP contribution in [0.3, 0.4) is 0 Å². The summed E-state index contributed by atoms with van der Waals surface area (Å²) in [7, 11) is 0. The van der Waals surface area contributed by atoms with Crippen LogP contribution in [0.1, 0.15) is 44.0 Å². The van der Waals surface area contributed by atoms with Crippen molar-refractivity contribution in [3.8, 4) is 17.2 Å². The molecule has 0 bridgehead atoms. The zero-order valence-electron chi connectivity index (χ0n) is 27.1. The van der Waals surface area contributed by atoms with Gasteiger partial charge >= 0.3 is 6.09 Å². The third-order valence-electron chi connectivity index (χ3n) is 9.17. The molecular formula is C35H38FN7O5. The Morgan fingerprint density at radius 1 is 1.10 bits per heavy atom. The summed E-state index contributed by atoms with van der Waals surface area (Å²) >= 11 is 0. The average Bonchev–Trinajstić information content (AvgIpc) is 3.46. The van der Waals surface area contributed by atoms with Crippen LogP contribution in [0.25, 0.3) is 27.4 Å². The minimum Gasteiger partial charge on any atom is -0.451 e. The van der Waals surface area contributed by atoms with Crippen molar-refractivity contribution in [1.82, 2.24) is 20.1 Å². The summed E-state index contributed by atoms with van der Waals surface area (Å²) in [5.41, 5.74) is 5.05. The molecule has 250 valence electrons. The van der Waals surface area contributed by atoms with Gasteiger partial charge < -0.3 is 40.2 Å². The van der Waals surface area contributed by atoms with E-state index in [1.54, 1.807) is 9.47 Å². The summed E-state index contributed by atoms with van der Waals surface area (Å²) in [5, 5.41) is 14.4. The highest BCUT2D eigenvalue weighted by molar-refractivity contribution is 6.02. The lowest BCUT2D eigenvalue weighted by atomic mass is 9.92. The molecule has 7 rings (SSSR count). The molecule has 0 radical (unpaired) electrons. The normalized spacial score (nSPS) is 18.2. The van der Waals surface area contributed by atoms with Crippen LogP contribution in [0.5, 0.6) is 11.5 Å². The van der Waals surface area contributed by atoms with Gasteiger partial charge in [-0.05, 0) is 68.5 Å². The first kappa shape index (κ1) is 31.3. The van der Waals surface area contributed by atoms with Gasteiger partial charge in [0.05, 0.1) is 17.1 Å². The van der Waals surface area contributed by atoms with E-state index >= 15 is 4.39 Å². The lowest BCUT2D eigenvalue weighted by molar-refractivity contribution is 0.00668. The maximum absolute atomic E-state index is 16.5. The predicted octanol–water partition coefficient (Wildman–Crippen LogP) is 4.44. The van der Waals surface area contributed by atoms with Crippen molar-refractivity contribution >= 4 is 45.3 Å². The molecule has 2 atom stereocenters. The summed E-state index contributed by atoms with van der Waals surface area (Å²) < 4.78 is 30.5. The van der Waals surface area contributed by atoms with Crippen molar-refractivity contribution in [2.24, 2.45) is 11.7 Å². The first-order valence-electron chi connectivity index (χ1n) is 16.1. The van der Waals surface area contributed by atoms with Gasteiger partial charge in [0, 0.05) is 38.9 Å². The van der Waals surface area contributed by atoms with E-state index in [0.717, 1.165) is 23.6 Å². The van der Waals surface area contributed by atoms with Crippen molar-refractivity contribution in [1.29, 1.82) is 5.41 Å². The monoisotopic (exact) mass is 655 g/mol. The number of fused-ring (bicyclic) bond motifs is 4. The summed E-state index contributed by atoms with van der Waals surface area (Å²) in [4.78, 5) is 44.0. The number of nitrogens with two attached hydrogens (primary N) is 1. The van der Waals surface area contributed by atoms with Crippen molar-refractivity contribution in [2.45, 2.75) is 45.3 Å². The lowest BCUT2D eigenvalue weighted by Gasteiger charge is -2.37. The number of piperidine rings is 1. The molecule has 3 aromatic carbocycles. The largest absolute Gasteiger partial charge is 0.451 e. The summed E-state index contributed by atoms with van der Waals surface area (Å²) in [5.74, 6) is -0.805. The number of likely N-dealkylation sites (tertiary alicyclic amines) is 1. The van der Waals surface area contributed by atoms with Gasteiger partial charge in [0.1, 0.15) is 22.4 Å². The molecule has 3 aliphatic rings. The van der Waals surface area contributed by atoms with E-state index in [-0.39, 0.29) is 59.5 Å². The Bertz CT molecular complexity index is 2060. The molecule has 0 spiro atoms. The minimum absolute atomic E-state index is 0.00608. The van der Waals surface area contributed by atoms with Crippen LogP contribution in [0, 0.1) is 17.1 Å². The van der Waals surface area contributed by atoms with Gasteiger partial charge in [0.2, 0.25) is 5.43 Å². The third kappa shape index (κ3) is 5.52. The van der Waals surface area contributed by atoms with Gasteiger partial charge in [-0.15, -0.1) is 0 Å². The molecule has 0 aliphatic carbocycles. The minimum atomic E-state index is -0.656. The first-order chi connectivity index (χ1) is 22.9. The highest BCUT2D eigenvalue weighted by Crippen LogP contribution is 2.49. The van der Waals surface area contributed by atoms with Crippen LogP contribution < -0.4 is 31.4 Å². The zero-order chi connectivity index (χ0) is 33.9. The molecule has 4 heterocycles. The number of hydrogen-bond acceptors (Lipinski definition) is 7. The molecular weight excluding hydrogens is 617 g/mol. The Kier molecular flexibility index (Phi) is 7.64. The van der Waals surface area contributed by atoms with Crippen LogP contribution >= 0.6 is 0 Å². The number of pyridine rings is 1. The predicted molar refractivity (Wildman–Crippen MR) is 181 cm³/mol. The molecule has 3 aliphatic heterocycles. The second-order valence-corrected chi connectivity index (χ2v) is 13.6. The standard InChI is InChI=1S/C35H38FN7O5/c1-35(2,3)48-34(46)42-12-6-9-21-16-41(18-26(21)42)29-24(36)15-22-28-31(29)47-27-14-20-8-5-4-7-19(20)13-25(27)43(28)17-23(30(22)44)32(45)39-10-11-40-33(37)38/h4-5,7-8,13-15,17,21,26H,6,9-12,16,18H2,1-3H3,(H,39,45)(H4,37,38,40). The van der Waals surface area contributed by atoms with E-state index in [0.29, 0.717) is 36.6 Å². The van der Waals surface area contributed by atoms with Crippen molar-refractivity contribution in [3.05, 3.63) is 70.3 Å². The molecule has 5 N–H and O–H groups in total.